The normalized spacial score (nSPS) is 10.4. The Bertz CT molecular complexity index is 1360. The third-order valence-corrected chi connectivity index (χ3v) is 6.58. The molecule has 0 saturated heterocycles. The van der Waals surface area contributed by atoms with Crippen molar-refractivity contribution in [2.45, 2.75) is 9.79 Å². The van der Waals surface area contributed by atoms with Crippen molar-refractivity contribution in [1.29, 1.82) is 0 Å². The van der Waals surface area contributed by atoms with Crippen LogP contribution in [-0.2, 0) is 0 Å². The van der Waals surface area contributed by atoms with E-state index in [1.807, 2.05) is 60.7 Å². The fourth-order valence-electron chi connectivity index (χ4n) is 3.87. The van der Waals surface area contributed by atoms with Crippen molar-refractivity contribution in [3.8, 4) is 22.3 Å². The summed E-state index contributed by atoms with van der Waals surface area (Å²) in [5, 5.41) is 0. The zero-order chi connectivity index (χ0) is 22.5. The molecule has 5 rings (SSSR count). The standard InChI is InChI=1S/C31H22OS.H2S/c32-31(25-11-5-2-6-12-25)26-17-21-28(22-18-26)33-27-19-15-24(16-20-27)30-14-8-7-13-29(30)23-9-3-1-4-10-23;/h1-22H;1H2. The van der Waals surface area contributed by atoms with Gasteiger partial charge in [-0.2, -0.15) is 13.5 Å². The van der Waals surface area contributed by atoms with Gasteiger partial charge in [0.05, 0.1) is 0 Å². The topological polar surface area (TPSA) is 17.1 Å². The number of hydrogen-bond donors (Lipinski definition) is 0. The summed E-state index contributed by atoms with van der Waals surface area (Å²) >= 11 is 1.70. The maximum Gasteiger partial charge on any atom is 0.193 e. The minimum Gasteiger partial charge on any atom is -0.289 e. The van der Waals surface area contributed by atoms with Crippen molar-refractivity contribution < 1.29 is 4.79 Å². The molecule has 0 aliphatic rings. The second-order valence-corrected chi connectivity index (χ2v) is 8.90. The van der Waals surface area contributed by atoms with Crippen LogP contribution >= 0.6 is 25.3 Å². The van der Waals surface area contributed by atoms with Gasteiger partial charge in [-0.15, -0.1) is 0 Å². The van der Waals surface area contributed by atoms with E-state index in [9.17, 15) is 4.79 Å². The largest absolute Gasteiger partial charge is 0.289 e. The van der Waals surface area contributed by atoms with Gasteiger partial charge in [0.1, 0.15) is 0 Å². The molecular weight excluding hydrogens is 452 g/mol. The highest BCUT2D eigenvalue weighted by Gasteiger charge is 2.09. The van der Waals surface area contributed by atoms with Crippen LogP contribution in [0.3, 0.4) is 0 Å². The first-order chi connectivity index (χ1) is 16.3. The average molecular weight is 477 g/mol. The third kappa shape index (κ3) is 5.33. The minimum atomic E-state index is 0. The molecule has 0 fully saturated rings. The van der Waals surface area contributed by atoms with E-state index in [0.717, 1.165) is 9.79 Å². The lowest BCUT2D eigenvalue weighted by Gasteiger charge is -2.11. The summed E-state index contributed by atoms with van der Waals surface area (Å²) in [7, 11) is 0. The highest BCUT2D eigenvalue weighted by Crippen LogP contribution is 2.34. The summed E-state index contributed by atoms with van der Waals surface area (Å²) < 4.78 is 0. The van der Waals surface area contributed by atoms with E-state index in [-0.39, 0.29) is 19.3 Å². The van der Waals surface area contributed by atoms with Crippen LogP contribution in [0.4, 0.5) is 0 Å². The summed E-state index contributed by atoms with van der Waals surface area (Å²) in [6.45, 7) is 0. The molecule has 0 saturated carbocycles. The first-order valence-corrected chi connectivity index (χ1v) is 11.7. The van der Waals surface area contributed by atoms with Crippen molar-refractivity contribution in [1.82, 2.24) is 0 Å². The zero-order valence-corrected chi connectivity index (χ0v) is 20.3. The van der Waals surface area contributed by atoms with E-state index in [1.165, 1.54) is 22.3 Å². The Morgan fingerprint density at radius 3 is 1.41 bits per heavy atom. The van der Waals surface area contributed by atoms with Gasteiger partial charge in [-0.1, -0.05) is 109 Å². The minimum absolute atomic E-state index is 0. The number of hydrogen-bond acceptors (Lipinski definition) is 2. The van der Waals surface area contributed by atoms with Crippen molar-refractivity contribution in [3.05, 3.63) is 145 Å². The molecule has 0 atom stereocenters. The molecule has 0 aromatic heterocycles. The number of ketones is 1. The van der Waals surface area contributed by atoms with E-state index < -0.39 is 0 Å². The number of rotatable bonds is 6. The summed E-state index contributed by atoms with van der Waals surface area (Å²) in [6, 6.07) is 44.9. The molecule has 0 aliphatic carbocycles. The summed E-state index contributed by atoms with van der Waals surface area (Å²) in [5.41, 5.74) is 6.29. The first-order valence-electron chi connectivity index (χ1n) is 10.9. The molecule has 5 aromatic rings. The van der Waals surface area contributed by atoms with Gasteiger partial charge in [-0.05, 0) is 58.7 Å². The van der Waals surface area contributed by atoms with E-state index in [2.05, 4.69) is 72.8 Å². The van der Waals surface area contributed by atoms with Gasteiger partial charge in [0.25, 0.3) is 0 Å². The van der Waals surface area contributed by atoms with Crippen LogP contribution < -0.4 is 0 Å². The lowest BCUT2D eigenvalue weighted by Crippen LogP contribution is -2.00. The second kappa shape index (κ2) is 11.1. The Morgan fingerprint density at radius 2 is 0.853 bits per heavy atom. The van der Waals surface area contributed by atoms with E-state index in [1.54, 1.807) is 11.8 Å². The van der Waals surface area contributed by atoms with Crippen molar-refractivity contribution in [3.63, 3.8) is 0 Å². The van der Waals surface area contributed by atoms with Gasteiger partial charge < -0.3 is 0 Å². The fraction of sp³-hybridized carbons (Fsp3) is 0. The summed E-state index contributed by atoms with van der Waals surface area (Å²) in [4.78, 5) is 14.9. The SMILES string of the molecule is O=C(c1ccccc1)c1ccc(Sc2ccc(-c3ccccc3-c3ccccc3)cc2)cc1.S. The zero-order valence-electron chi connectivity index (χ0n) is 18.5. The molecule has 0 amide bonds. The third-order valence-electron chi connectivity index (χ3n) is 5.57. The van der Waals surface area contributed by atoms with Crippen LogP contribution in [0.15, 0.2) is 143 Å². The van der Waals surface area contributed by atoms with Crippen LogP contribution in [0.25, 0.3) is 22.3 Å². The van der Waals surface area contributed by atoms with Gasteiger partial charge in [0.15, 0.2) is 5.78 Å². The van der Waals surface area contributed by atoms with Crippen LogP contribution in [0.2, 0.25) is 0 Å². The predicted octanol–water partition coefficient (Wildman–Crippen LogP) is 8.52. The molecule has 0 spiro atoms. The number of carbonyl (C=O) groups is 1. The van der Waals surface area contributed by atoms with E-state index in [4.69, 9.17) is 0 Å². The summed E-state index contributed by atoms with van der Waals surface area (Å²) in [5.74, 6) is 0.0496. The van der Waals surface area contributed by atoms with Gasteiger partial charge >= 0.3 is 0 Å². The van der Waals surface area contributed by atoms with Gasteiger partial charge in [0.2, 0.25) is 0 Å². The molecule has 166 valence electrons. The molecule has 5 aromatic carbocycles. The van der Waals surface area contributed by atoms with E-state index >= 15 is 0 Å². The molecule has 0 radical (unpaired) electrons. The van der Waals surface area contributed by atoms with Gasteiger partial charge in [-0.25, -0.2) is 0 Å². The van der Waals surface area contributed by atoms with Crippen molar-refractivity contribution in [2.75, 3.05) is 0 Å². The Hall–Kier alpha value is -3.53. The average Bonchev–Trinajstić information content (AvgIpc) is 2.90. The monoisotopic (exact) mass is 476 g/mol. The molecular formula is C31H24OS2. The Balaban J connectivity index is 0.00000274. The molecule has 0 N–H and O–H groups in total. The smallest absolute Gasteiger partial charge is 0.193 e. The van der Waals surface area contributed by atoms with Crippen LogP contribution in [0.1, 0.15) is 15.9 Å². The molecule has 34 heavy (non-hydrogen) atoms. The molecule has 0 aliphatic heterocycles. The lowest BCUT2D eigenvalue weighted by atomic mass is 9.95. The van der Waals surface area contributed by atoms with Crippen molar-refractivity contribution in [2.24, 2.45) is 0 Å². The van der Waals surface area contributed by atoms with Crippen molar-refractivity contribution >= 4 is 31.0 Å². The number of benzene rings is 5. The molecule has 3 heteroatoms. The Labute approximate surface area is 212 Å². The maximum absolute atomic E-state index is 12.6. The van der Waals surface area contributed by atoms with Crippen LogP contribution in [0, 0.1) is 0 Å². The summed E-state index contributed by atoms with van der Waals surface area (Å²) in [6.07, 6.45) is 0. The Morgan fingerprint density at radius 1 is 0.441 bits per heavy atom. The van der Waals surface area contributed by atoms with E-state index in [0.29, 0.717) is 11.1 Å². The quantitative estimate of drug-likeness (QED) is 0.228. The molecule has 0 bridgehead atoms. The lowest BCUT2D eigenvalue weighted by molar-refractivity contribution is 0.103. The van der Waals surface area contributed by atoms with Crippen LogP contribution in [0.5, 0.6) is 0 Å². The van der Waals surface area contributed by atoms with Gasteiger partial charge in [-0.3, -0.25) is 4.79 Å². The maximum atomic E-state index is 12.6. The molecule has 1 nitrogen and oxygen atoms in total. The van der Waals surface area contributed by atoms with Crippen LogP contribution in [-0.4, -0.2) is 5.78 Å². The molecule has 0 unspecified atom stereocenters. The highest BCUT2D eigenvalue weighted by molar-refractivity contribution is 7.99. The second-order valence-electron chi connectivity index (χ2n) is 7.76. The predicted molar refractivity (Wildman–Crippen MR) is 148 cm³/mol. The Kier molecular flexibility index (Phi) is 7.69. The molecule has 0 heterocycles. The van der Waals surface area contributed by atoms with Gasteiger partial charge in [0, 0.05) is 20.9 Å². The number of carbonyl (C=O) groups excluding carboxylic acids is 1. The first kappa shape index (κ1) is 23.6. The fourth-order valence-corrected chi connectivity index (χ4v) is 4.69. The highest BCUT2D eigenvalue weighted by atomic mass is 32.2.